The van der Waals surface area contributed by atoms with E-state index in [1.54, 1.807) is 12.1 Å². The van der Waals surface area contributed by atoms with Crippen molar-refractivity contribution in [3.05, 3.63) is 89.5 Å². The maximum atomic E-state index is 13.4. The van der Waals surface area contributed by atoms with E-state index < -0.39 is 5.92 Å². The molecule has 2 unspecified atom stereocenters. The van der Waals surface area contributed by atoms with E-state index in [9.17, 15) is 8.78 Å². The highest BCUT2D eigenvalue weighted by Crippen LogP contribution is 2.40. The first-order valence-corrected chi connectivity index (χ1v) is 8.10. The fourth-order valence-electron chi connectivity index (χ4n) is 3.21. The van der Waals surface area contributed by atoms with Crippen LogP contribution in [0.15, 0.2) is 67.3 Å². The number of halogens is 2. The van der Waals surface area contributed by atoms with Gasteiger partial charge in [0.1, 0.15) is 0 Å². The van der Waals surface area contributed by atoms with Gasteiger partial charge in [-0.2, -0.15) is 0 Å². The summed E-state index contributed by atoms with van der Waals surface area (Å²) in [5, 5.41) is 0. The van der Waals surface area contributed by atoms with E-state index in [0.29, 0.717) is 0 Å². The molecule has 2 aromatic carbocycles. The summed E-state index contributed by atoms with van der Waals surface area (Å²) < 4.78 is 26.8. The first kappa shape index (κ1) is 18.1. The van der Waals surface area contributed by atoms with Crippen LogP contribution in [0.3, 0.4) is 0 Å². The Morgan fingerprint density at radius 3 is 2.17 bits per heavy atom. The zero-order valence-corrected chi connectivity index (χ0v) is 14.5. The van der Waals surface area contributed by atoms with Gasteiger partial charge in [0, 0.05) is 18.4 Å². The SMILES string of the molecule is C=Cc1ccccc1C(C(=C)C)C(C)c1ccc(C(C)(F)F)cc1. The van der Waals surface area contributed by atoms with Crippen molar-refractivity contribution in [2.24, 2.45) is 0 Å². The van der Waals surface area contributed by atoms with E-state index in [1.807, 2.05) is 31.2 Å². The van der Waals surface area contributed by atoms with E-state index in [4.69, 9.17) is 0 Å². The average molecular weight is 326 g/mol. The molecule has 2 atom stereocenters. The minimum Gasteiger partial charge on any atom is -0.202 e. The van der Waals surface area contributed by atoms with Gasteiger partial charge in [-0.3, -0.25) is 0 Å². The lowest BCUT2D eigenvalue weighted by atomic mass is 9.77. The van der Waals surface area contributed by atoms with Crippen LogP contribution in [0, 0.1) is 0 Å². The Labute approximate surface area is 143 Å². The van der Waals surface area contributed by atoms with Gasteiger partial charge in [0.05, 0.1) is 0 Å². The lowest BCUT2D eigenvalue weighted by Crippen LogP contribution is -2.12. The monoisotopic (exact) mass is 326 g/mol. The van der Waals surface area contributed by atoms with Gasteiger partial charge in [-0.25, -0.2) is 8.78 Å². The molecule has 0 fully saturated rings. The van der Waals surface area contributed by atoms with Crippen LogP contribution >= 0.6 is 0 Å². The van der Waals surface area contributed by atoms with E-state index in [2.05, 4.69) is 26.1 Å². The van der Waals surface area contributed by atoms with Crippen LogP contribution in [0.1, 0.15) is 54.9 Å². The molecule has 0 aliphatic heterocycles. The number of benzene rings is 2. The second-order valence-corrected chi connectivity index (χ2v) is 6.46. The van der Waals surface area contributed by atoms with Crippen LogP contribution < -0.4 is 0 Å². The summed E-state index contributed by atoms with van der Waals surface area (Å²) >= 11 is 0. The molecule has 0 heterocycles. The smallest absolute Gasteiger partial charge is 0.202 e. The quantitative estimate of drug-likeness (QED) is 0.506. The van der Waals surface area contributed by atoms with Crippen molar-refractivity contribution in [2.45, 2.75) is 38.5 Å². The summed E-state index contributed by atoms with van der Waals surface area (Å²) in [6, 6.07) is 14.7. The van der Waals surface area contributed by atoms with Gasteiger partial charge < -0.3 is 0 Å². The Kier molecular flexibility index (Phi) is 5.38. The van der Waals surface area contributed by atoms with Crippen molar-refractivity contribution in [1.29, 1.82) is 0 Å². The van der Waals surface area contributed by atoms with Gasteiger partial charge >= 0.3 is 0 Å². The third-order valence-electron chi connectivity index (χ3n) is 4.53. The largest absolute Gasteiger partial charge is 0.270 e. The Bertz CT molecular complexity index is 720. The van der Waals surface area contributed by atoms with E-state index >= 15 is 0 Å². The third kappa shape index (κ3) is 3.81. The van der Waals surface area contributed by atoms with Crippen molar-refractivity contribution < 1.29 is 8.78 Å². The highest BCUT2D eigenvalue weighted by atomic mass is 19.3. The molecule has 126 valence electrons. The average Bonchev–Trinajstić information content (AvgIpc) is 2.54. The van der Waals surface area contributed by atoms with Gasteiger partial charge in [0.25, 0.3) is 5.92 Å². The van der Waals surface area contributed by atoms with Crippen LogP contribution in [-0.4, -0.2) is 0 Å². The van der Waals surface area contributed by atoms with Gasteiger partial charge in [-0.15, -0.1) is 0 Å². The minimum absolute atomic E-state index is 0.0387. The Balaban J connectivity index is 2.41. The predicted molar refractivity (Wildman–Crippen MR) is 98.5 cm³/mol. The molecule has 2 heteroatoms. The Hall–Kier alpha value is -2.22. The van der Waals surface area contributed by atoms with Crippen LogP contribution in [0.5, 0.6) is 0 Å². The molecule has 0 amide bonds. The summed E-state index contributed by atoms with van der Waals surface area (Å²) in [5.41, 5.74) is 4.35. The van der Waals surface area contributed by atoms with E-state index in [0.717, 1.165) is 29.2 Å². The van der Waals surface area contributed by atoms with E-state index in [-0.39, 0.29) is 17.4 Å². The molecule has 0 N–H and O–H groups in total. The maximum Gasteiger partial charge on any atom is 0.270 e. The van der Waals surface area contributed by atoms with Crippen LogP contribution in [0.4, 0.5) is 8.78 Å². The van der Waals surface area contributed by atoms with Crippen molar-refractivity contribution >= 4 is 6.08 Å². The number of alkyl halides is 2. The highest BCUT2D eigenvalue weighted by Gasteiger charge is 2.26. The van der Waals surface area contributed by atoms with Gasteiger partial charge in [0.2, 0.25) is 0 Å². The molecular weight excluding hydrogens is 302 g/mol. The fourth-order valence-corrected chi connectivity index (χ4v) is 3.21. The Morgan fingerprint density at radius 2 is 1.67 bits per heavy atom. The summed E-state index contributed by atoms with van der Waals surface area (Å²) in [5.74, 6) is -2.58. The topological polar surface area (TPSA) is 0 Å². The van der Waals surface area contributed by atoms with Crippen molar-refractivity contribution in [1.82, 2.24) is 0 Å². The Morgan fingerprint density at radius 1 is 1.08 bits per heavy atom. The lowest BCUT2D eigenvalue weighted by molar-refractivity contribution is 0.0174. The fraction of sp³-hybridized carbons (Fsp3) is 0.273. The summed E-state index contributed by atoms with van der Waals surface area (Å²) in [4.78, 5) is 0. The predicted octanol–water partition coefficient (Wildman–Crippen LogP) is 6.90. The van der Waals surface area contributed by atoms with Crippen LogP contribution in [0.2, 0.25) is 0 Å². The summed E-state index contributed by atoms with van der Waals surface area (Å²) in [6.45, 7) is 13.1. The molecule has 2 rings (SSSR count). The molecular formula is C22H24F2. The molecule has 24 heavy (non-hydrogen) atoms. The highest BCUT2D eigenvalue weighted by molar-refractivity contribution is 5.55. The van der Waals surface area contributed by atoms with Crippen LogP contribution in [-0.2, 0) is 5.92 Å². The zero-order chi connectivity index (χ0) is 17.9. The summed E-state index contributed by atoms with van der Waals surface area (Å²) in [7, 11) is 0. The minimum atomic E-state index is -2.81. The molecule has 0 spiro atoms. The molecule has 0 bridgehead atoms. The third-order valence-corrected chi connectivity index (χ3v) is 4.53. The molecule has 0 aliphatic rings. The first-order chi connectivity index (χ1) is 11.3. The number of allylic oxidation sites excluding steroid dienone is 1. The number of hydrogen-bond donors (Lipinski definition) is 0. The van der Waals surface area contributed by atoms with Crippen molar-refractivity contribution in [3.63, 3.8) is 0 Å². The number of rotatable bonds is 6. The van der Waals surface area contributed by atoms with Gasteiger partial charge in [0.15, 0.2) is 0 Å². The molecule has 0 saturated heterocycles. The molecule has 0 saturated carbocycles. The van der Waals surface area contributed by atoms with Crippen LogP contribution in [0.25, 0.3) is 6.08 Å². The molecule has 0 nitrogen and oxygen atoms in total. The standard InChI is InChI=1S/C22H24F2/c1-6-17-9-7-8-10-20(17)21(15(2)3)16(4)18-11-13-19(14-12-18)22(5,23)24/h6-14,16,21H,1-2H2,3-5H3. The van der Waals surface area contributed by atoms with Crippen molar-refractivity contribution in [2.75, 3.05) is 0 Å². The van der Waals surface area contributed by atoms with Gasteiger partial charge in [-0.1, -0.05) is 80.3 Å². The molecule has 2 aromatic rings. The van der Waals surface area contributed by atoms with Crippen molar-refractivity contribution in [3.8, 4) is 0 Å². The second kappa shape index (κ2) is 7.12. The molecule has 0 radical (unpaired) electrons. The molecule has 0 aliphatic carbocycles. The second-order valence-electron chi connectivity index (χ2n) is 6.46. The van der Waals surface area contributed by atoms with E-state index in [1.165, 1.54) is 12.1 Å². The van der Waals surface area contributed by atoms with Gasteiger partial charge in [-0.05, 0) is 29.5 Å². The first-order valence-electron chi connectivity index (χ1n) is 8.10. The number of hydrogen-bond acceptors (Lipinski definition) is 0. The normalized spacial score (nSPS) is 14.0. The lowest BCUT2D eigenvalue weighted by Gasteiger charge is -2.27. The molecule has 0 aromatic heterocycles. The summed E-state index contributed by atoms with van der Waals surface area (Å²) in [6.07, 6.45) is 1.85. The zero-order valence-electron chi connectivity index (χ0n) is 14.5. The maximum absolute atomic E-state index is 13.4.